The minimum absolute atomic E-state index is 0.0255. The van der Waals surface area contributed by atoms with Gasteiger partial charge in [-0.3, -0.25) is 9.00 Å². The lowest BCUT2D eigenvalue weighted by molar-refractivity contribution is -0.118. The molecule has 1 unspecified atom stereocenters. The van der Waals surface area contributed by atoms with Crippen LogP contribution in [0.25, 0.3) is 0 Å². The molecule has 2 aromatic rings. The summed E-state index contributed by atoms with van der Waals surface area (Å²) in [7, 11) is -1.29. The highest BCUT2D eigenvalue weighted by atomic mass is 32.2. The maximum Gasteiger partial charge on any atom is 0.232 e. The normalized spacial score (nSPS) is 16.4. The van der Waals surface area contributed by atoms with Crippen LogP contribution in [0.3, 0.4) is 0 Å². The maximum atomic E-state index is 12.9. The van der Waals surface area contributed by atoms with Gasteiger partial charge in [-0.2, -0.15) is 0 Å². The zero-order valence-corrected chi connectivity index (χ0v) is 14.2. The monoisotopic (exact) mass is 345 g/mol. The Kier molecular flexibility index (Phi) is 5.09. The summed E-state index contributed by atoms with van der Waals surface area (Å²) in [6.45, 7) is 0.587. The van der Waals surface area contributed by atoms with E-state index in [4.69, 9.17) is 0 Å². The quantitative estimate of drug-likeness (QED) is 0.839. The summed E-state index contributed by atoms with van der Waals surface area (Å²) in [6, 6.07) is 16.0. The Labute approximate surface area is 143 Å². The standard InChI is InChI=1S/C19H20FNO2S/c20-17-8-6-15(7-9-17)12-24(23)13-18(22)21-14-19(10-11-19)16-4-2-1-3-5-16/h1-9H,10-14H2,(H,21,22). The van der Waals surface area contributed by atoms with Crippen molar-refractivity contribution in [2.24, 2.45) is 0 Å². The van der Waals surface area contributed by atoms with Crippen molar-refractivity contribution in [2.75, 3.05) is 12.3 Å². The molecule has 0 aliphatic heterocycles. The van der Waals surface area contributed by atoms with Gasteiger partial charge in [-0.1, -0.05) is 42.5 Å². The third-order valence-corrected chi connectivity index (χ3v) is 5.64. The van der Waals surface area contributed by atoms with Crippen molar-refractivity contribution in [3.05, 3.63) is 71.5 Å². The average Bonchev–Trinajstić information content (AvgIpc) is 3.37. The molecule has 1 saturated carbocycles. The number of halogens is 1. The molecule has 5 heteroatoms. The highest BCUT2D eigenvalue weighted by Crippen LogP contribution is 2.47. The van der Waals surface area contributed by atoms with Crippen LogP contribution in [0.1, 0.15) is 24.0 Å². The van der Waals surface area contributed by atoms with Gasteiger partial charge in [0.1, 0.15) is 11.6 Å². The van der Waals surface area contributed by atoms with Crippen LogP contribution >= 0.6 is 0 Å². The van der Waals surface area contributed by atoms with Gasteiger partial charge < -0.3 is 5.32 Å². The second kappa shape index (κ2) is 7.26. The van der Waals surface area contributed by atoms with Gasteiger partial charge in [-0.05, 0) is 36.1 Å². The fraction of sp³-hybridized carbons (Fsp3) is 0.316. The van der Waals surface area contributed by atoms with Crippen LogP contribution in [0.15, 0.2) is 54.6 Å². The summed E-state index contributed by atoms with van der Waals surface area (Å²) in [6.07, 6.45) is 2.13. The third kappa shape index (κ3) is 4.29. The lowest BCUT2D eigenvalue weighted by Crippen LogP contribution is -2.35. The van der Waals surface area contributed by atoms with E-state index in [1.165, 1.54) is 17.7 Å². The molecule has 0 heterocycles. The van der Waals surface area contributed by atoms with Gasteiger partial charge in [0, 0.05) is 28.5 Å². The number of carbonyl (C=O) groups is 1. The van der Waals surface area contributed by atoms with Gasteiger partial charge in [-0.25, -0.2) is 4.39 Å². The highest BCUT2D eigenvalue weighted by molar-refractivity contribution is 7.84. The summed E-state index contributed by atoms with van der Waals surface area (Å²) >= 11 is 0. The van der Waals surface area contributed by atoms with Crippen molar-refractivity contribution in [1.82, 2.24) is 5.32 Å². The first-order valence-electron chi connectivity index (χ1n) is 7.99. The summed E-state index contributed by atoms with van der Waals surface area (Å²) in [5.41, 5.74) is 2.07. The Bertz CT molecular complexity index is 727. The van der Waals surface area contributed by atoms with Crippen molar-refractivity contribution < 1.29 is 13.4 Å². The summed E-state index contributed by atoms with van der Waals surface area (Å²) in [5, 5.41) is 2.92. The summed E-state index contributed by atoms with van der Waals surface area (Å²) in [5.74, 6) is -0.282. The van der Waals surface area contributed by atoms with Crippen LogP contribution in [-0.4, -0.2) is 22.4 Å². The van der Waals surface area contributed by atoms with E-state index in [2.05, 4.69) is 17.4 Å². The number of hydrogen-bond acceptors (Lipinski definition) is 2. The van der Waals surface area contributed by atoms with E-state index in [-0.39, 0.29) is 28.6 Å². The second-order valence-electron chi connectivity index (χ2n) is 6.28. The highest BCUT2D eigenvalue weighted by Gasteiger charge is 2.44. The van der Waals surface area contributed by atoms with E-state index in [1.807, 2.05) is 18.2 Å². The maximum absolute atomic E-state index is 12.9. The van der Waals surface area contributed by atoms with Crippen LogP contribution in [-0.2, 0) is 26.8 Å². The average molecular weight is 345 g/mol. The summed E-state index contributed by atoms with van der Waals surface area (Å²) in [4.78, 5) is 12.0. The smallest absolute Gasteiger partial charge is 0.232 e. The summed E-state index contributed by atoms with van der Waals surface area (Å²) < 4.78 is 24.9. The molecule has 0 aromatic heterocycles. The van der Waals surface area contributed by atoms with Crippen LogP contribution in [0.5, 0.6) is 0 Å². The fourth-order valence-electron chi connectivity index (χ4n) is 2.79. The van der Waals surface area contributed by atoms with Gasteiger partial charge >= 0.3 is 0 Å². The van der Waals surface area contributed by atoms with Crippen molar-refractivity contribution in [1.29, 1.82) is 0 Å². The van der Waals surface area contributed by atoms with E-state index in [9.17, 15) is 13.4 Å². The Balaban J connectivity index is 1.47. The molecule has 1 N–H and O–H groups in total. The fourth-order valence-corrected chi connectivity index (χ4v) is 3.85. The number of hydrogen-bond donors (Lipinski definition) is 1. The molecule has 1 amide bonds. The van der Waals surface area contributed by atoms with Crippen molar-refractivity contribution in [2.45, 2.75) is 24.0 Å². The molecule has 0 radical (unpaired) electrons. The molecular formula is C19H20FNO2S. The first kappa shape index (κ1) is 16.8. The van der Waals surface area contributed by atoms with Crippen molar-refractivity contribution in [3.63, 3.8) is 0 Å². The molecule has 1 atom stereocenters. The second-order valence-corrected chi connectivity index (χ2v) is 7.74. The van der Waals surface area contributed by atoms with E-state index in [0.717, 1.165) is 18.4 Å². The van der Waals surface area contributed by atoms with Crippen LogP contribution in [0, 0.1) is 5.82 Å². The van der Waals surface area contributed by atoms with Crippen LogP contribution in [0.2, 0.25) is 0 Å². The Morgan fingerprint density at radius 1 is 1.08 bits per heavy atom. The molecule has 0 spiro atoms. The number of nitrogens with one attached hydrogen (secondary N) is 1. The zero-order chi connectivity index (χ0) is 17.0. The number of carbonyl (C=O) groups excluding carboxylic acids is 1. The Hall–Kier alpha value is -2.01. The minimum atomic E-state index is -1.29. The van der Waals surface area contributed by atoms with E-state index in [0.29, 0.717) is 6.54 Å². The van der Waals surface area contributed by atoms with Gasteiger partial charge in [0.05, 0.1) is 0 Å². The van der Waals surface area contributed by atoms with E-state index >= 15 is 0 Å². The first-order valence-corrected chi connectivity index (χ1v) is 9.48. The molecule has 1 aliphatic rings. The Morgan fingerprint density at radius 2 is 1.75 bits per heavy atom. The molecule has 126 valence electrons. The van der Waals surface area contributed by atoms with Gasteiger partial charge in [0.2, 0.25) is 5.91 Å². The molecule has 1 fully saturated rings. The molecule has 0 bridgehead atoms. The number of benzene rings is 2. The molecule has 0 saturated heterocycles. The third-order valence-electron chi connectivity index (χ3n) is 4.40. The number of rotatable bonds is 7. The molecule has 24 heavy (non-hydrogen) atoms. The molecule has 1 aliphatic carbocycles. The lowest BCUT2D eigenvalue weighted by atomic mass is 9.96. The predicted molar refractivity (Wildman–Crippen MR) is 93.5 cm³/mol. The van der Waals surface area contributed by atoms with Gasteiger partial charge in [0.25, 0.3) is 0 Å². The molecule has 3 rings (SSSR count). The number of amides is 1. The molecular weight excluding hydrogens is 325 g/mol. The topological polar surface area (TPSA) is 46.2 Å². The van der Waals surface area contributed by atoms with Crippen LogP contribution < -0.4 is 5.32 Å². The minimum Gasteiger partial charge on any atom is -0.354 e. The lowest BCUT2D eigenvalue weighted by Gasteiger charge is -2.16. The molecule has 2 aromatic carbocycles. The predicted octanol–water partition coefficient (Wildman–Crippen LogP) is 2.92. The molecule has 3 nitrogen and oxygen atoms in total. The first-order chi connectivity index (χ1) is 11.6. The zero-order valence-electron chi connectivity index (χ0n) is 13.3. The van der Waals surface area contributed by atoms with Gasteiger partial charge in [-0.15, -0.1) is 0 Å². The Morgan fingerprint density at radius 3 is 2.38 bits per heavy atom. The van der Waals surface area contributed by atoms with Crippen molar-refractivity contribution in [3.8, 4) is 0 Å². The van der Waals surface area contributed by atoms with Crippen LogP contribution in [0.4, 0.5) is 4.39 Å². The van der Waals surface area contributed by atoms with Crippen molar-refractivity contribution >= 4 is 16.7 Å². The van der Waals surface area contributed by atoms with E-state index in [1.54, 1.807) is 12.1 Å². The van der Waals surface area contributed by atoms with Gasteiger partial charge in [0.15, 0.2) is 0 Å². The largest absolute Gasteiger partial charge is 0.354 e. The van der Waals surface area contributed by atoms with E-state index < -0.39 is 10.8 Å². The SMILES string of the molecule is O=C(CS(=O)Cc1ccc(F)cc1)NCC1(c2ccccc2)CC1.